The third kappa shape index (κ3) is 3.35. The second kappa shape index (κ2) is 6.19. The van der Waals surface area contributed by atoms with Gasteiger partial charge in [0.1, 0.15) is 11.5 Å². The van der Waals surface area contributed by atoms with Gasteiger partial charge >= 0.3 is 0 Å². The number of carbonyl (C=O) groups is 1. The van der Waals surface area contributed by atoms with Gasteiger partial charge in [0.15, 0.2) is 0 Å². The summed E-state index contributed by atoms with van der Waals surface area (Å²) in [6.07, 6.45) is 4.36. The van der Waals surface area contributed by atoms with Gasteiger partial charge in [-0.3, -0.25) is 4.79 Å². The zero-order chi connectivity index (χ0) is 13.8. The lowest BCUT2D eigenvalue weighted by molar-refractivity contribution is -0.137. The molecule has 0 aromatic carbocycles. The van der Waals surface area contributed by atoms with Crippen molar-refractivity contribution in [3.05, 3.63) is 17.5 Å². The Hall–Kier alpha value is -1.36. The molecule has 1 aromatic rings. The molecule has 1 aromatic heterocycles. The minimum Gasteiger partial charge on any atom is -0.361 e. The van der Waals surface area contributed by atoms with Crippen molar-refractivity contribution in [3.63, 3.8) is 0 Å². The van der Waals surface area contributed by atoms with Crippen molar-refractivity contribution in [1.29, 1.82) is 0 Å². The van der Waals surface area contributed by atoms with E-state index in [-0.39, 0.29) is 11.8 Å². The van der Waals surface area contributed by atoms with Gasteiger partial charge in [0.05, 0.1) is 6.54 Å². The number of rotatable bonds is 4. The van der Waals surface area contributed by atoms with E-state index >= 15 is 0 Å². The molecule has 0 bridgehead atoms. The summed E-state index contributed by atoms with van der Waals surface area (Å²) in [5, 5.41) is 3.93. The fraction of sp³-hybridized carbons (Fsp3) is 0.714. The topological polar surface area (TPSA) is 72.4 Å². The van der Waals surface area contributed by atoms with Crippen LogP contribution in [0.15, 0.2) is 10.6 Å². The quantitative estimate of drug-likeness (QED) is 0.899. The SMILES string of the molecule is Cc1cc(CN(C)C(=O)C2CCCCC2CN)no1. The van der Waals surface area contributed by atoms with Crippen molar-refractivity contribution < 1.29 is 9.32 Å². The molecule has 0 radical (unpaired) electrons. The molecule has 0 spiro atoms. The van der Waals surface area contributed by atoms with Gasteiger partial charge in [-0.15, -0.1) is 0 Å². The van der Waals surface area contributed by atoms with Crippen LogP contribution in [0.2, 0.25) is 0 Å². The smallest absolute Gasteiger partial charge is 0.226 e. The summed E-state index contributed by atoms with van der Waals surface area (Å²) in [4.78, 5) is 14.2. The summed E-state index contributed by atoms with van der Waals surface area (Å²) >= 11 is 0. The Labute approximate surface area is 114 Å². The molecule has 2 rings (SSSR count). The molecule has 1 aliphatic rings. The lowest BCUT2D eigenvalue weighted by Crippen LogP contribution is -2.40. The van der Waals surface area contributed by atoms with E-state index in [1.54, 1.807) is 4.90 Å². The minimum absolute atomic E-state index is 0.0803. The van der Waals surface area contributed by atoms with Gasteiger partial charge in [-0.25, -0.2) is 0 Å². The number of nitrogens with zero attached hydrogens (tertiary/aromatic N) is 2. The second-order valence-electron chi connectivity index (χ2n) is 5.51. The highest BCUT2D eigenvalue weighted by atomic mass is 16.5. The standard InChI is InChI=1S/C14H23N3O2/c1-10-7-12(16-19-10)9-17(2)14(18)13-6-4-3-5-11(13)8-15/h7,11,13H,3-6,8-9,15H2,1-2H3. The highest BCUT2D eigenvalue weighted by molar-refractivity contribution is 5.79. The third-order valence-corrected chi connectivity index (χ3v) is 3.98. The van der Waals surface area contributed by atoms with E-state index < -0.39 is 0 Å². The van der Waals surface area contributed by atoms with E-state index in [0.717, 1.165) is 30.7 Å². The van der Waals surface area contributed by atoms with Gasteiger partial charge in [-0.2, -0.15) is 0 Å². The maximum absolute atomic E-state index is 12.5. The van der Waals surface area contributed by atoms with E-state index in [0.29, 0.717) is 19.0 Å². The molecule has 0 aliphatic heterocycles. The van der Waals surface area contributed by atoms with Gasteiger partial charge in [0.25, 0.3) is 0 Å². The van der Waals surface area contributed by atoms with Crippen LogP contribution in [0.5, 0.6) is 0 Å². The van der Waals surface area contributed by atoms with Crippen LogP contribution in [0.4, 0.5) is 0 Å². The van der Waals surface area contributed by atoms with Gasteiger partial charge < -0.3 is 15.2 Å². The lowest BCUT2D eigenvalue weighted by atomic mass is 9.78. The van der Waals surface area contributed by atoms with Crippen LogP contribution in [-0.2, 0) is 11.3 Å². The van der Waals surface area contributed by atoms with E-state index in [4.69, 9.17) is 10.3 Å². The fourth-order valence-corrected chi connectivity index (χ4v) is 2.91. The van der Waals surface area contributed by atoms with Crippen LogP contribution in [0, 0.1) is 18.8 Å². The van der Waals surface area contributed by atoms with Crippen LogP contribution in [-0.4, -0.2) is 29.6 Å². The highest BCUT2D eigenvalue weighted by Gasteiger charge is 2.31. The van der Waals surface area contributed by atoms with E-state index in [1.807, 2.05) is 20.0 Å². The van der Waals surface area contributed by atoms with Crippen molar-refractivity contribution in [2.75, 3.05) is 13.6 Å². The average Bonchev–Trinajstić information content (AvgIpc) is 2.83. The molecule has 2 atom stereocenters. The fourth-order valence-electron chi connectivity index (χ4n) is 2.91. The van der Waals surface area contributed by atoms with Crippen LogP contribution >= 0.6 is 0 Å². The molecule has 5 nitrogen and oxygen atoms in total. The average molecular weight is 265 g/mol. The van der Waals surface area contributed by atoms with E-state index in [2.05, 4.69) is 5.16 Å². The summed E-state index contributed by atoms with van der Waals surface area (Å²) in [5.74, 6) is 1.38. The number of nitrogens with two attached hydrogens (primary N) is 1. The van der Waals surface area contributed by atoms with Gasteiger partial charge in [-0.05, 0) is 32.2 Å². The Morgan fingerprint density at radius 3 is 2.89 bits per heavy atom. The summed E-state index contributed by atoms with van der Waals surface area (Å²) in [6, 6.07) is 1.87. The van der Waals surface area contributed by atoms with Crippen LogP contribution in [0.1, 0.15) is 37.1 Å². The molecular formula is C14H23N3O2. The molecule has 2 unspecified atom stereocenters. The number of amides is 1. The molecule has 1 heterocycles. The molecule has 106 valence electrons. The third-order valence-electron chi connectivity index (χ3n) is 3.98. The first-order chi connectivity index (χ1) is 9.11. The molecule has 0 saturated heterocycles. The first-order valence-corrected chi connectivity index (χ1v) is 6.99. The second-order valence-corrected chi connectivity index (χ2v) is 5.51. The van der Waals surface area contributed by atoms with Crippen molar-refractivity contribution in [2.45, 2.75) is 39.2 Å². The van der Waals surface area contributed by atoms with Crippen molar-refractivity contribution >= 4 is 5.91 Å². The van der Waals surface area contributed by atoms with Gasteiger partial charge in [0, 0.05) is 19.0 Å². The maximum atomic E-state index is 12.5. The molecular weight excluding hydrogens is 242 g/mol. The Balaban J connectivity index is 1.97. The van der Waals surface area contributed by atoms with Crippen LogP contribution < -0.4 is 5.73 Å². The highest BCUT2D eigenvalue weighted by Crippen LogP contribution is 2.30. The predicted molar refractivity (Wildman–Crippen MR) is 72.2 cm³/mol. The maximum Gasteiger partial charge on any atom is 0.226 e. The van der Waals surface area contributed by atoms with Crippen LogP contribution in [0.3, 0.4) is 0 Å². The number of aromatic nitrogens is 1. The number of hydrogen-bond acceptors (Lipinski definition) is 4. The van der Waals surface area contributed by atoms with Crippen molar-refractivity contribution in [3.8, 4) is 0 Å². The largest absolute Gasteiger partial charge is 0.361 e. The number of aryl methyl sites for hydroxylation is 1. The minimum atomic E-state index is 0.0803. The van der Waals surface area contributed by atoms with E-state index in [9.17, 15) is 4.79 Å². The number of carbonyl (C=O) groups excluding carboxylic acids is 1. The summed E-state index contributed by atoms with van der Waals surface area (Å²) in [7, 11) is 1.83. The Morgan fingerprint density at radius 2 is 2.26 bits per heavy atom. The zero-order valence-corrected chi connectivity index (χ0v) is 11.8. The summed E-state index contributed by atoms with van der Waals surface area (Å²) in [6.45, 7) is 2.96. The summed E-state index contributed by atoms with van der Waals surface area (Å²) < 4.78 is 5.02. The Kier molecular flexibility index (Phi) is 4.58. The first kappa shape index (κ1) is 14.1. The van der Waals surface area contributed by atoms with Crippen LogP contribution in [0.25, 0.3) is 0 Å². The monoisotopic (exact) mass is 265 g/mol. The van der Waals surface area contributed by atoms with Gasteiger partial charge in [-0.1, -0.05) is 18.0 Å². The molecule has 1 saturated carbocycles. The Morgan fingerprint density at radius 1 is 1.53 bits per heavy atom. The number of hydrogen-bond donors (Lipinski definition) is 1. The predicted octanol–water partition coefficient (Wildman–Crippen LogP) is 1.71. The molecule has 5 heteroatoms. The molecule has 1 aliphatic carbocycles. The molecule has 1 amide bonds. The molecule has 1 fully saturated rings. The van der Waals surface area contributed by atoms with Crippen molar-refractivity contribution in [2.24, 2.45) is 17.6 Å². The molecule has 2 N–H and O–H groups in total. The van der Waals surface area contributed by atoms with Gasteiger partial charge in [0.2, 0.25) is 5.91 Å². The lowest BCUT2D eigenvalue weighted by Gasteiger charge is -2.32. The van der Waals surface area contributed by atoms with E-state index in [1.165, 1.54) is 6.42 Å². The van der Waals surface area contributed by atoms with Crippen molar-refractivity contribution in [1.82, 2.24) is 10.1 Å². The molecule has 19 heavy (non-hydrogen) atoms. The summed E-state index contributed by atoms with van der Waals surface area (Å²) in [5.41, 5.74) is 6.59. The first-order valence-electron chi connectivity index (χ1n) is 6.99. The zero-order valence-electron chi connectivity index (χ0n) is 11.8. The normalized spacial score (nSPS) is 23.3. The Bertz CT molecular complexity index is 430.